The lowest BCUT2D eigenvalue weighted by atomic mass is 9.91. The second-order valence-corrected chi connectivity index (χ2v) is 9.37. The summed E-state index contributed by atoms with van der Waals surface area (Å²) in [5, 5.41) is 35.5. The summed E-state index contributed by atoms with van der Waals surface area (Å²) < 4.78 is 5.74. The summed E-state index contributed by atoms with van der Waals surface area (Å²) in [5.41, 5.74) is -0.188. The molecule has 0 radical (unpaired) electrons. The number of fused-ring (bicyclic) bond motifs is 1. The Morgan fingerprint density at radius 2 is 1.83 bits per heavy atom. The van der Waals surface area contributed by atoms with Crippen LogP contribution in [0.1, 0.15) is 37.4 Å². The summed E-state index contributed by atoms with van der Waals surface area (Å²) in [6, 6.07) is 15.9. The van der Waals surface area contributed by atoms with Crippen LogP contribution in [0.4, 0.5) is 0 Å². The Kier molecular flexibility index (Phi) is 8.41. The number of aliphatic hydroxyl groups excluding tert-OH is 1. The zero-order valence-electron chi connectivity index (χ0n) is 19.9. The first-order valence-corrected chi connectivity index (χ1v) is 12.3. The van der Waals surface area contributed by atoms with E-state index < -0.39 is 11.7 Å². The fourth-order valence-electron chi connectivity index (χ4n) is 4.61. The van der Waals surface area contributed by atoms with Crippen molar-refractivity contribution in [3.8, 4) is 11.5 Å². The van der Waals surface area contributed by atoms with Crippen LogP contribution < -0.4 is 15.6 Å². The summed E-state index contributed by atoms with van der Waals surface area (Å²) in [6.45, 7) is 4.05. The van der Waals surface area contributed by atoms with Crippen LogP contribution in [-0.4, -0.2) is 70.1 Å². The number of phenols is 1. The lowest BCUT2D eigenvalue weighted by Crippen LogP contribution is -2.50. The number of piperidine rings is 1. The third-order valence-corrected chi connectivity index (χ3v) is 6.72. The van der Waals surface area contributed by atoms with Gasteiger partial charge in [-0.05, 0) is 62.1 Å². The van der Waals surface area contributed by atoms with Gasteiger partial charge in [0, 0.05) is 37.6 Å². The number of aromatic nitrogens is 1. The van der Waals surface area contributed by atoms with Gasteiger partial charge in [0.15, 0.2) is 0 Å². The number of benzene rings is 2. The Bertz CT molecular complexity index is 1140. The molecule has 35 heavy (non-hydrogen) atoms. The predicted molar refractivity (Wildman–Crippen MR) is 136 cm³/mol. The van der Waals surface area contributed by atoms with Gasteiger partial charge in [0.2, 0.25) is 5.56 Å². The molecule has 2 aromatic carbocycles. The minimum absolute atomic E-state index is 0.0357. The molecule has 2 heterocycles. The molecule has 8 nitrogen and oxygen atoms in total. The molecule has 8 heteroatoms. The molecule has 4 rings (SSSR count). The van der Waals surface area contributed by atoms with E-state index in [1.165, 1.54) is 12.1 Å². The van der Waals surface area contributed by atoms with Crippen molar-refractivity contribution in [2.75, 3.05) is 39.3 Å². The molecule has 0 bridgehead atoms. The average molecular weight is 482 g/mol. The highest BCUT2D eigenvalue weighted by molar-refractivity contribution is 5.87. The lowest BCUT2D eigenvalue weighted by molar-refractivity contribution is -0.0217. The summed E-state index contributed by atoms with van der Waals surface area (Å²) in [7, 11) is 0. The van der Waals surface area contributed by atoms with Crippen LogP contribution in [0.3, 0.4) is 0 Å². The summed E-state index contributed by atoms with van der Waals surface area (Å²) in [6.07, 6.45) is 2.57. The molecule has 3 aromatic rings. The van der Waals surface area contributed by atoms with Crippen molar-refractivity contribution in [3.63, 3.8) is 0 Å². The van der Waals surface area contributed by atoms with Crippen molar-refractivity contribution in [1.29, 1.82) is 0 Å². The third-order valence-electron chi connectivity index (χ3n) is 6.72. The molecule has 0 saturated carbocycles. The van der Waals surface area contributed by atoms with Crippen molar-refractivity contribution in [2.45, 2.75) is 37.4 Å². The van der Waals surface area contributed by atoms with Crippen LogP contribution >= 0.6 is 0 Å². The SMILES string of the molecule is O=c1ccc2c(C(O)CNCC3(O)CCN(CCCCOc4ccccc4)CC3)ccc(O)c2[nH]1. The number of ether oxygens (including phenoxy) is 1. The number of likely N-dealkylation sites (tertiary alicyclic amines) is 1. The standard InChI is InChI=1S/C27H35N3O5/c31-23-10-8-21(22-9-11-25(33)29-26(22)23)24(32)18-28-19-27(34)12-15-30(16-13-27)14-4-5-17-35-20-6-2-1-3-7-20/h1-3,6-11,24,28,31-32,34H,4-5,12-19H2,(H,29,33). The van der Waals surface area contributed by atoms with E-state index >= 15 is 0 Å². The Labute approximate surface area is 205 Å². The monoisotopic (exact) mass is 481 g/mol. The predicted octanol–water partition coefficient (Wildman–Crippen LogP) is 2.54. The van der Waals surface area contributed by atoms with Crippen LogP contribution in [0.5, 0.6) is 11.5 Å². The number of pyridine rings is 1. The first kappa shape index (κ1) is 25.2. The molecule has 1 atom stereocenters. The fourth-order valence-corrected chi connectivity index (χ4v) is 4.61. The maximum Gasteiger partial charge on any atom is 0.248 e. The number of aliphatic hydroxyl groups is 2. The van der Waals surface area contributed by atoms with E-state index in [0.29, 0.717) is 42.5 Å². The molecule has 1 fully saturated rings. The molecule has 1 unspecified atom stereocenters. The van der Waals surface area contributed by atoms with Crippen molar-refractivity contribution in [2.24, 2.45) is 0 Å². The molecule has 0 spiro atoms. The Balaban J connectivity index is 1.17. The molecule has 1 aromatic heterocycles. The van der Waals surface area contributed by atoms with E-state index in [1.807, 2.05) is 30.3 Å². The Morgan fingerprint density at radius 1 is 1.06 bits per heavy atom. The molecule has 0 aliphatic carbocycles. The van der Waals surface area contributed by atoms with Gasteiger partial charge < -0.3 is 35.3 Å². The molecule has 188 valence electrons. The molecular weight excluding hydrogens is 446 g/mol. The number of hydrogen-bond acceptors (Lipinski definition) is 7. The van der Waals surface area contributed by atoms with Gasteiger partial charge in [-0.2, -0.15) is 0 Å². The highest BCUT2D eigenvalue weighted by atomic mass is 16.5. The van der Waals surface area contributed by atoms with E-state index in [9.17, 15) is 20.1 Å². The number of aromatic hydroxyl groups is 1. The van der Waals surface area contributed by atoms with Crippen LogP contribution in [0, 0.1) is 0 Å². The van der Waals surface area contributed by atoms with E-state index in [-0.39, 0.29) is 17.9 Å². The van der Waals surface area contributed by atoms with Gasteiger partial charge in [-0.3, -0.25) is 4.79 Å². The van der Waals surface area contributed by atoms with Gasteiger partial charge in [-0.1, -0.05) is 24.3 Å². The molecule has 0 amide bonds. The smallest absolute Gasteiger partial charge is 0.248 e. The van der Waals surface area contributed by atoms with Gasteiger partial charge in [-0.25, -0.2) is 0 Å². The van der Waals surface area contributed by atoms with Gasteiger partial charge in [0.05, 0.1) is 23.8 Å². The minimum atomic E-state index is -0.842. The second-order valence-electron chi connectivity index (χ2n) is 9.37. The number of H-pyrrole nitrogens is 1. The van der Waals surface area contributed by atoms with E-state index in [1.54, 1.807) is 12.1 Å². The lowest BCUT2D eigenvalue weighted by Gasteiger charge is -2.38. The van der Waals surface area contributed by atoms with Crippen LogP contribution in [0.2, 0.25) is 0 Å². The summed E-state index contributed by atoms with van der Waals surface area (Å²) in [5.74, 6) is 0.869. The molecule has 1 aliphatic heterocycles. The number of aromatic amines is 1. The quantitative estimate of drug-likeness (QED) is 0.267. The number of hydrogen-bond donors (Lipinski definition) is 5. The first-order chi connectivity index (χ1) is 16.9. The van der Waals surface area contributed by atoms with E-state index in [4.69, 9.17) is 4.74 Å². The number of rotatable bonds is 11. The van der Waals surface area contributed by atoms with Crippen molar-refractivity contribution in [1.82, 2.24) is 15.2 Å². The number of phenolic OH excluding ortho intramolecular Hbond substituents is 1. The fraction of sp³-hybridized carbons (Fsp3) is 0.444. The Hall–Kier alpha value is -2.91. The maximum absolute atomic E-state index is 11.6. The summed E-state index contributed by atoms with van der Waals surface area (Å²) >= 11 is 0. The van der Waals surface area contributed by atoms with Crippen LogP contribution in [0.15, 0.2) is 59.4 Å². The molecule has 1 aliphatic rings. The second kappa shape index (κ2) is 11.7. The zero-order chi connectivity index (χ0) is 24.7. The number of nitrogens with one attached hydrogen (secondary N) is 2. The van der Waals surface area contributed by atoms with Gasteiger partial charge >= 0.3 is 0 Å². The van der Waals surface area contributed by atoms with Crippen LogP contribution in [-0.2, 0) is 0 Å². The largest absolute Gasteiger partial charge is 0.506 e. The first-order valence-electron chi connectivity index (χ1n) is 12.3. The topological polar surface area (TPSA) is 118 Å². The Morgan fingerprint density at radius 3 is 2.60 bits per heavy atom. The number of nitrogens with zero attached hydrogens (tertiary/aromatic N) is 1. The number of para-hydroxylation sites is 1. The minimum Gasteiger partial charge on any atom is -0.506 e. The summed E-state index contributed by atoms with van der Waals surface area (Å²) in [4.78, 5) is 16.6. The van der Waals surface area contributed by atoms with Crippen LogP contribution in [0.25, 0.3) is 10.9 Å². The van der Waals surface area contributed by atoms with E-state index in [0.717, 1.165) is 38.2 Å². The number of unbranched alkanes of at least 4 members (excludes halogenated alkanes) is 1. The van der Waals surface area contributed by atoms with Crippen molar-refractivity contribution in [3.05, 3.63) is 70.5 Å². The average Bonchev–Trinajstić information content (AvgIpc) is 2.86. The molecule has 1 saturated heterocycles. The van der Waals surface area contributed by atoms with Gasteiger partial charge in [0.25, 0.3) is 0 Å². The van der Waals surface area contributed by atoms with Crippen molar-refractivity contribution < 1.29 is 20.1 Å². The molecular formula is C27H35N3O5. The normalized spacial score (nSPS) is 16.9. The van der Waals surface area contributed by atoms with Gasteiger partial charge in [-0.15, -0.1) is 0 Å². The van der Waals surface area contributed by atoms with Gasteiger partial charge in [0.1, 0.15) is 11.5 Å². The van der Waals surface area contributed by atoms with Crippen molar-refractivity contribution >= 4 is 10.9 Å². The highest BCUT2D eigenvalue weighted by Crippen LogP contribution is 2.29. The molecule has 5 N–H and O–H groups in total. The highest BCUT2D eigenvalue weighted by Gasteiger charge is 2.31. The zero-order valence-corrected chi connectivity index (χ0v) is 19.9. The maximum atomic E-state index is 11.6. The third kappa shape index (κ3) is 6.82. The van der Waals surface area contributed by atoms with E-state index in [2.05, 4.69) is 15.2 Å².